The summed E-state index contributed by atoms with van der Waals surface area (Å²) in [6.45, 7) is 9.09. The molecule has 0 unspecified atom stereocenters. The Balaban J connectivity index is 1.17. The second-order valence-corrected chi connectivity index (χ2v) is 22.9. The monoisotopic (exact) mass is 908 g/mol. The Morgan fingerprint density at radius 3 is 2.10 bits per heavy atom. The zero-order valence-electron chi connectivity index (χ0n) is 35.8. The molecule has 2 aliphatic heterocycles. The number of amides is 2. The van der Waals surface area contributed by atoms with Crippen LogP contribution < -0.4 is 20.6 Å². The number of carbonyl (C=O) groups is 2. The molecule has 5 aromatic carbocycles. The third kappa shape index (κ3) is 8.66. The molecule has 3 N–H and O–H groups in total. The molecule has 0 radical (unpaired) electrons. The number of phenolic OH excluding ortho intramolecular Hbond substituents is 1. The number of para-hydroxylation sites is 1. The number of allylic oxidation sites excluding steroid dienone is 1. The molecule has 5 aromatic rings. The molecule has 2 amide bonds. The third-order valence-corrected chi connectivity index (χ3v) is 18.4. The highest BCUT2D eigenvalue weighted by atomic mass is 79.9. The Labute approximate surface area is 375 Å². The van der Waals surface area contributed by atoms with Crippen molar-refractivity contribution in [3.05, 3.63) is 160 Å². The van der Waals surface area contributed by atoms with Gasteiger partial charge in [-0.3, -0.25) is 14.5 Å². The number of anilines is 3. The number of hydrogen-bond donors (Lipinski definition) is 3. The van der Waals surface area contributed by atoms with Gasteiger partial charge in [-0.15, -0.1) is 0 Å². The molecule has 4 atom stereocenters. The minimum atomic E-state index is -3.01. The summed E-state index contributed by atoms with van der Waals surface area (Å²) >= 11 is 3.54. The molecule has 318 valence electrons. The number of halogens is 1. The van der Waals surface area contributed by atoms with Crippen LogP contribution >= 0.6 is 15.9 Å². The van der Waals surface area contributed by atoms with Gasteiger partial charge in [-0.1, -0.05) is 134 Å². The van der Waals surface area contributed by atoms with Crippen molar-refractivity contribution in [2.75, 3.05) is 16.8 Å². The average molecular weight is 910 g/mol. The van der Waals surface area contributed by atoms with E-state index < -0.39 is 39.3 Å². The maximum atomic E-state index is 14.8. The first-order chi connectivity index (χ1) is 29.9. The van der Waals surface area contributed by atoms with E-state index in [2.05, 4.69) is 97.5 Å². The number of phenols is 1. The van der Waals surface area contributed by atoms with Crippen LogP contribution in [0.15, 0.2) is 155 Å². The summed E-state index contributed by atoms with van der Waals surface area (Å²) in [4.78, 5) is 30.8. The van der Waals surface area contributed by atoms with Crippen molar-refractivity contribution in [3.63, 3.8) is 0 Å². The second kappa shape index (κ2) is 18.4. The van der Waals surface area contributed by atoms with Crippen molar-refractivity contribution in [3.8, 4) is 5.75 Å². The molecular formula is C51H54BBrN2O6Si. The van der Waals surface area contributed by atoms with Crippen molar-refractivity contribution in [2.45, 2.75) is 70.8 Å². The maximum absolute atomic E-state index is 14.8. The van der Waals surface area contributed by atoms with Crippen LogP contribution in [0, 0.1) is 17.8 Å². The summed E-state index contributed by atoms with van der Waals surface area (Å²) in [5.41, 5.74) is 6.08. The van der Waals surface area contributed by atoms with E-state index in [1.165, 1.54) is 4.90 Å². The van der Waals surface area contributed by atoms with Gasteiger partial charge in [-0.05, 0) is 119 Å². The second-order valence-electron chi connectivity index (χ2n) is 17.7. The first-order valence-corrected chi connectivity index (χ1v) is 24.4. The predicted molar refractivity (Wildman–Crippen MR) is 255 cm³/mol. The molecule has 8 nitrogen and oxygen atoms in total. The van der Waals surface area contributed by atoms with Gasteiger partial charge in [0.1, 0.15) is 5.75 Å². The molecule has 0 saturated carbocycles. The lowest BCUT2D eigenvalue weighted by molar-refractivity contribution is -0.122. The van der Waals surface area contributed by atoms with Crippen molar-refractivity contribution >= 4 is 76.7 Å². The number of carbonyl (C=O) groups excluding carboxylic acids is 2. The summed E-state index contributed by atoms with van der Waals surface area (Å²) < 4.78 is 14.9. The van der Waals surface area contributed by atoms with Gasteiger partial charge in [0.15, 0.2) is 0 Å². The molecule has 2 heterocycles. The van der Waals surface area contributed by atoms with Crippen LogP contribution in [0.25, 0.3) is 6.08 Å². The topological polar surface area (TPSA) is 108 Å². The summed E-state index contributed by atoms with van der Waals surface area (Å²) in [5, 5.41) is 27.5. The first-order valence-electron chi connectivity index (χ1n) is 21.7. The van der Waals surface area contributed by atoms with E-state index >= 15 is 0 Å². The highest BCUT2D eigenvalue weighted by molar-refractivity contribution is 9.10. The minimum Gasteiger partial charge on any atom is -0.507 e. The molecule has 11 heteroatoms. The van der Waals surface area contributed by atoms with Gasteiger partial charge in [0.25, 0.3) is 8.32 Å². The van der Waals surface area contributed by atoms with E-state index in [-0.39, 0.29) is 35.5 Å². The highest BCUT2D eigenvalue weighted by Gasteiger charge is 2.58. The van der Waals surface area contributed by atoms with Crippen LogP contribution in [-0.4, -0.2) is 50.1 Å². The summed E-state index contributed by atoms with van der Waals surface area (Å²) in [7, 11) is -4.13. The predicted octanol–water partition coefficient (Wildman–Crippen LogP) is 10.1. The van der Waals surface area contributed by atoms with E-state index in [4.69, 9.17) is 9.08 Å². The Morgan fingerprint density at radius 2 is 1.48 bits per heavy atom. The maximum Gasteiger partial charge on any atom is 0.455 e. The molecule has 0 aromatic heterocycles. The van der Waals surface area contributed by atoms with E-state index in [9.17, 15) is 19.7 Å². The lowest BCUT2D eigenvalue weighted by atomic mass is 9.58. The van der Waals surface area contributed by atoms with Crippen molar-refractivity contribution in [2.24, 2.45) is 17.8 Å². The molecule has 8 rings (SSSR count). The lowest BCUT2D eigenvalue weighted by Gasteiger charge is -2.46. The fraction of sp³-hybridized carbons (Fsp3) is 0.294. The van der Waals surface area contributed by atoms with Gasteiger partial charge in [-0.2, -0.15) is 0 Å². The van der Waals surface area contributed by atoms with Gasteiger partial charge in [0, 0.05) is 21.4 Å². The zero-order chi connectivity index (χ0) is 43.6. The Morgan fingerprint density at radius 1 is 0.871 bits per heavy atom. The van der Waals surface area contributed by atoms with Gasteiger partial charge in [0.05, 0.1) is 30.2 Å². The van der Waals surface area contributed by atoms with Gasteiger partial charge < -0.3 is 24.5 Å². The van der Waals surface area contributed by atoms with Crippen molar-refractivity contribution in [1.82, 2.24) is 0 Å². The highest BCUT2D eigenvalue weighted by Crippen LogP contribution is 2.52. The molecule has 0 spiro atoms. The van der Waals surface area contributed by atoms with Crippen LogP contribution in [0.2, 0.25) is 11.4 Å². The number of fused-ring (bicyclic) bond motifs is 3. The molecule has 62 heavy (non-hydrogen) atoms. The number of aromatic hydroxyl groups is 1. The summed E-state index contributed by atoms with van der Waals surface area (Å²) in [6, 6.07) is 43.7. The number of nitrogens with one attached hydrogen (secondary N) is 1. The fourth-order valence-corrected chi connectivity index (χ4v) is 14.9. The zero-order valence-corrected chi connectivity index (χ0v) is 38.3. The normalized spacial score (nSPS) is 20.6. The van der Waals surface area contributed by atoms with Crippen LogP contribution in [0.1, 0.15) is 58.9 Å². The number of rotatable bonds is 13. The Bertz CT molecular complexity index is 2420. The van der Waals surface area contributed by atoms with Crippen molar-refractivity contribution in [1.29, 1.82) is 0 Å². The minimum absolute atomic E-state index is 0.198. The third-order valence-electron chi connectivity index (χ3n) is 12.9. The fourth-order valence-electron chi connectivity index (χ4n) is 10.0. The van der Waals surface area contributed by atoms with Crippen LogP contribution in [0.5, 0.6) is 5.75 Å². The molecule has 2 fully saturated rings. The van der Waals surface area contributed by atoms with E-state index in [0.29, 0.717) is 24.9 Å². The van der Waals surface area contributed by atoms with Crippen LogP contribution in [0.4, 0.5) is 17.1 Å². The van der Waals surface area contributed by atoms with E-state index in [1.54, 1.807) is 6.07 Å². The molecule has 0 bridgehead atoms. The smallest absolute Gasteiger partial charge is 0.455 e. The first kappa shape index (κ1) is 43.6. The summed E-state index contributed by atoms with van der Waals surface area (Å²) in [6.07, 6.45) is 3.97. The standard InChI is InChI=1S/C51H54BBrN2O6Si/c1-5-34(29-35-30-37(53)22-27-45(35)56)21-28-46-47-36(33-60-62(51(2,3)4,41-17-11-7-12-18-41)42-19-13-8-14-20-42)31-43-48(44(47)32-52(59)61-46)50(58)55(49(43)57)40-25-23-39(24-26-40)54-38-15-9-6-10-16-38/h6-20,22-27,29-30,43-44,46,48,54,56,59H,5,21,28,31-33H2,1-4H3/b34-29+/t43-,44+,46-,48-/m1/s1. The van der Waals surface area contributed by atoms with E-state index in [1.807, 2.05) is 84.9 Å². The molecular weight excluding hydrogens is 855 g/mol. The number of hydrogen-bond acceptors (Lipinski definition) is 7. The van der Waals surface area contributed by atoms with Gasteiger partial charge in [-0.25, -0.2) is 0 Å². The van der Waals surface area contributed by atoms with Gasteiger partial charge >= 0.3 is 7.12 Å². The number of benzene rings is 5. The lowest BCUT2D eigenvalue weighted by Crippen LogP contribution is -2.66. The number of imide groups is 1. The van der Waals surface area contributed by atoms with Crippen molar-refractivity contribution < 1.29 is 28.8 Å². The van der Waals surface area contributed by atoms with Crippen LogP contribution in [0.3, 0.4) is 0 Å². The molecule has 3 aliphatic rings. The van der Waals surface area contributed by atoms with E-state index in [0.717, 1.165) is 54.9 Å². The summed E-state index contributed by atoms with van der Waals surface area (Å²) in [5.74, 6) is -1.98. The molecule has 2 saturated heterocycles. The van der Waals surface area contributed by atoms with Gasteiger partial charge in [0.2, 0.25) is 11.8 Å². The quantitative estimate of drug-likeness (QED) is 0.0614. The van der Waals surface area contributed by atoms with Crippen LogP contribution in [-0.2, 0) is 18.7 Å². The Hall–Kier alpha value is -5.04. The molecule has 1 aliphatic carbocycles. The number of nitrogens with zero attached hydrogens (tertiary/aromatic N) is 1. The Kier molecular flexibility index (Phi) is 12.9. The largest absolute Gasteiger partial charge is 0.507 e. The average Bonchev–Trinajstić information content (AvgIpc) is 3.52. The SMILES string of the molecule is CC/C(=C\c1cc(Br)ccc1O)CC[C@H]1OB(O)C[C@H]2C1=C(CO[Si](c1ccccc1)(c1ccccc1)C(C)(C)C)C[C@H]1C(=O)N(c3ccc(Nc4ccccc4)cc3)C(=O)[C@H]12.